The Bertz CT molecular complexity index is 279. The second-order valence-corrected chi connectivity index (χ2v) is 3.15. The van der Waals surface area contributed by atoms with Crippen molar-refractivity contribution in [2.24, 2.45) is 0 Å². The quantitative estimate of drug-likeness (QED) is 0.304. The van der Waals surface area contributed by atoms with Gasteiger partial charge in [0.25, 0.3) is 0 Å². The number of hydrogen-bond donors (Lipinski definition) is 0. The summed E-state index contributed by atoms with van der Waals surface area (Å²) in [7, 11) is 1.46. The molecule has 0 aliphatic heterocycles. The first kappa shape index (κ1) is 8.27. The zero-order valence-electron chi connectivity index (χ0n) is 6.12. The molecule has 0 unspecified atom stereocenters. The van der Waals surface area contributed by atoms with E-state index in [4.69, 9.17) is 0 Å². The van der Waals surface area contributed by atoms with E-state index in [1.807, 2.05) is 24.3 Å². The van der Waals surface area contributed by atoms with Crippen LogP contribution in [-0.4, -0.2) is 18.0 Å². The van der Waals surface area contributed by atoms with Crippen LogP contribution < -0.4 is 0 Å². The third kappa shape index (κ3) is 2.72. The van der Waals surface area contributed by atoms with Gasteiger partial charge in [-0.15, -0.1) is 0 Å². The summed E-state index contributed by atoms with van der Waals surface area (Å²) < 4.78 is 1.76. The van der Waals surface area contributed by atoms with E-state index in [2.05, 4.69) is 15.9 Å². The van der Waals surface area contributed by atoms with Crippen LogP contribution in [0, 0.1) is 5.21 Å². The van der Waals surface area contributed by atoms with Crippen LogP contribution in [0.2, 0.25) is 0 Å². The van der Waals surface area contributed by atoms with Gasteiger partial charge in [0.2, 0.25) is 0 Å². The number of hydroxylamine groups is 1. The molecule has 0 atom stereocenters. The van der Waals surface area contributed by atoms with Gasteiger partial charge in [-0.2, -0.15) is 0 Å². The first-order valence-electron chi connectivity index (χ1n) is 3.19. The molecule has 0 fully saturated rings. The second-order valence-electron chi connectivity index (χ2n) is 2.23. The minimum Gasteiger partial charge on any atom is -0.624 e. The molecule has 58 valence electrons. The molecule has 1 aromatic carbocycles. The third-order valence-electron chi connectivity index (χ3n) is 1.18. The Morgan fingerprint density at radius 2 is 2.27 bits per heavy atom. The van der Waals surface area contributed by atoms with Crippen molar-refractivity contribution < 1.29 is 4.74 Å². The molecule has 0 radical (unpaired) electrons. The van der Waals surface area contributed by atoms with E-state index >= 15 is 0 Å². The number of benzene rings is 1. The van der Waals surface area contributed by atoms with E-state index < -0.39 is 0 Å². The van der Waals surface area contributed by atoms with E-state index in [0.717, 1.165) is 14.8 Å². The van der Waals surface area contributed by atoms with Crippen LogP contribution in [0.25, 0.3) is 0 Å². The molecule has 0 aliphatic carbocycles. The molecule has 0 bridgehead atoms. The van der Waals surface area contributed by atoms with Crippen LogP contribution >= 0.6 is 15.9 Å². The molecule has 0 aromatic heterocycles. The molecule has 2 nitrogen and oxygen atoms in total. The maximum absolute atomic E-state index is 10.6. The molecule has 11 heavy (non-hydrogen) atoms. The van der Waals surface area contributed by atoms with Crippen LogP contribution in [0.4, 0.5) is 0 Å². The molecule has 0 saturated heterocycles. The Labute approximate surface area is 73.9 Å². The van der Waals surface area contributed by atoms with Crippen molar-refractivity contribution in [3.63, 3.8) is 0 Å². The summed E-state index contributed by atoms with van der Waals surface area (Å²) in [6.45, 7) is 0. The predicted molar refractivity (Wildman–Crippen MR) is 48.9 cm³/mol. The van der Waals surface area contributed by atoms with Gasteiger partial charge in [0.1, 0.15) is 7.05 Å². The van der Waals surface area contributed by atoms with Gasteiger partial charge >= 0.3 is 0 Å². The number of hydrogen-bond acceptors (Lipinski definition) is 1. The average molecular weight is 214 g/mol. The fourth-order valence-corrected chi connectivity index (χ4v) is 1.21. The summed E-state index contributed by atoms with van der Waals surface area (Å²) in [6, 6.07) is 7.56. The lowest BCUT2D eigenvalue weighted by Gasteiger charge is -1.95. The lowest BCUT2D eigenvalue weighted by molar-refractivity contribution is -0.416. The van der Waals surface area contributed by atoms with Crippen molar-refractivity contribution >= 4 is 22.1 Å². The molecule has 1 rings (SSSR count). The van der Waals surface area contributed by atoms with E-state index in [1.54, 1.807) is 0 Å². The zero-order valence-corrected chi connectivity index (χ0v) is 7.71. The SMILES string of the molecule is C/[N+]([O-])=C/c1cccc(Br)c1. The van der Waals surface area contributed by atoms with Crippen molar-refractivity contribution in [1.29, 1.82) is 0 Å². The fraction of sp³-hybridized carbons (Fsp3) is 0.125. The summed E-state index contributed by atoms with van der Waals surface area (Å²) in [4.78, 5) is 0. The summed E-state index contributed by atoms with van der Waals surface area (Å²) in [5.41, 5.74) is 0.900. The van der Waals surface area contributed by atoms with Crippen molar-refractivity contribution in [3.05, 3.63) is 39.5 Å². The largest absolute Gasteiger partial charge is 0.624 e. The van der Waals surface area contributed by atoms with Gasteiger partial charge in [-0.1, -0.05) is 22.0 Å². The lowest BCUT2D eigenvalue weighted by atomic mass is 10.2. The number of nitrogens with zero attached hydrogens (tertiary/aromatic N) is 1. The maximum atomic E-state index is 10.6. The van der Waals surface area contributed by atoms with Crippen LogP contribution in [-0.2, 0) is 0 Å². The van der Waals surface area contributed by atoms with Gasteiger partial charge in [0.15, 0.2) is 6.21 Å². The van der Waals surface area contributed by atoms with Crippen LogP contribution in [0.5, 0.6) is 0 Å². The Morgan fingerprint density at radius 1 is 1.55 bits per heavy atom. The number of halogens is 1. The molecule has 0 amide bonds. The molecule has 3 heteroatoms. The van der Waals surface area contributed by atoms with Gasteiger partial charge < -0.3 is 5.21 Å². The topological polar surface area (TPSA) is 26.1 Å². The van der Waals surface area contributed by atoms with Crippen LogP contribution in [0.3, 0.4) is 0 Å². The van der Waals surface area contributed by atoms with Gasteiger partial charge in [-0.3, -0.25) is 0 Å². The van der Waals surface area contributed by atoms with Crippen molar-refractivity contribution in [2.75, 3.05) is 7.05 Å². The first-order chi connectivity index (χ1) is 5.18. The predicted octanol–water partition coefficient (Wildman–Crippen LogP) is 2.01. The highest BCUT2D eigenvalue weighted by Gasteiger charge is 1.91. The maximum Gasteiger partial charge on any atom is 0.181 e. The monoisotopic (exact) mass is 213 g/mol. The minimum atomic E-state index is 0.780. The molecule has 0 spiro atoms. The van der Waals surface area contributed by atoms with Crippen LogP contribution in [0.15, 0.2) is 28.7 Å². The first-order valence-corrected chi connectivity index (χ1v) is 3.98. The summed E-state index contributed by atoms with van der Waals surface area (Å²) in [5.74, 6) is 0. The highest BCUT2D eigenvalue weighted by molar-refractivity contribution is 9.10. The second kappa shape index (κ2) is 3.53. The normalized spacial score (nSPS) is 11.6. The molecule has 0 heterocycles. The van der Waals surface area contributed by atoms with Gasteiger partial charge in [-0.25, -0.2) is 4.74 Å². The summed E-state index contributed by atoms with van der Waals surface area (Å²) >= 11 is 3.31. The Balaban J connectivity index is 2.97. The summed E-state index contributed by atoms with van der Waals surface area (Å²) in [6.07, 6.45) is 1.52. The van der Waals surface area contributed by atoms with Gasteiger partial charge in [0, 0.05) is 10.0 Å². The Hall–Kier alpha value is -0.830. The molecule has 1 aromatic rings. The molecular formula is C8H8BrNO. The van der Waals surface area contributed by atoms with Crippen LogP contribution in [0.1, 0.15) is 5.56 Å². The standard InChI is InChI=1S/C8H8BrNO/c1-10(11)6-7-3-2-4-8(9)5-7/h2-6H,1H3/b10-6-. The highest BCUT2D eigenvalue weighted by atomic mass is 79.9. The lowest BCUT2D eigenvalue weighted by Crippen LogP contribution is -1.96. The Morgan fingerprint density at radius 3 is 2.82 bits per heavy atom. The van der Waals surface area contributed by atoms with Crippen molar-refractivity contribution in [2.45, 2.75) is 0 Å². The fourth-order valence-electron chi connectivity index (χ4n) is 0.797. The van der Waals surface area contributed by atoms with Gasteiger partial charge in [-0.05, 0) is 18.2 Å². The zero-order chi connectivity index (χ0) is 8.27. The van der Waals surface area contributed by atoms with Crippen molar-refractivity contribution in [1.82, 2.24) is 0 Å². The van der Waals surface area contributed by atoms with E-state index in [0.29, 0.717) is 0 Å². The van der Waals surface area contributed by atoms with Crippen molar-refractivity contribution in [3.8, 4) is 0 Å². The molecular weight excluding hydrogens is 206 g/mol. The summed E-state index contributed by atoms with van der Waals surface area (Å²) in [5, 5.41) is 10.6. The van der Waals surface area contributed by atoms with E-state index in [-0.39, 0.29) is 0 Å². The van der Waals surface area contributed by atoms with Gasteiger partial charge in [0.05, 0.1) is 0 Å². The molecule has 0 aliphatic rings. The number of rotatable bonds is 1. The van der Waals surface area contributed by atoms with E-state index in [1.165, 1.54) is 13.3 Å². The Kier molecular flexibility index (Phi) is 2.65. The average Bonchev–Trinajstić information content (AvgIpc) is 1.85. The molecule has 0 saturated carbocycles. The highest BCUT2D eigenvalue weighted by Crippen LogP contribution is 2.09. The third-order valence-corrected chi connectivity index (χ3v) is 1.67. The smallest absolute Gasteiger partial charge is 0.181 e. The minimum absolute atomic E-state index is 0.780. The van der Waals surface area contributed by atoms with E-state index in [9.17, 15) is 5.21 Å². The molecule has 0 N–H and O–H groups in total.